The van der Waals surface area contributed by atoms with E-state index in [-0.39, 0.29) is 11.5 Å². The molecule has 1 amide bonds. The Bertz CT molecular complexity index is 1570. The SMILES string of the molecule is C=CCCC(C)(C)Cc1c(C(/C=C\CC)=C(/C)CC)n(C)c2ccc(-c3cccc(CC(C=C)N(C=O)N4CCCCN4)c3)cc12. The zero-order valence-corrected chi connectivity index (χ0v) is 29.2. The Kier molecular flexibility index (Phi) is 12.4. The van der Waals surface area contributed by atoms with Crippen LogP contribution < -0.4 is 5.43 Å². The molecule has 2 heterocycles. The number of benzene rings is 2. The summed E-state index contributed by atoms with van der Waals surface area (Å²) < 4.78 is 2.42. The van der Waals surface area contributed by atoms with Gasteiger partial charge < -0.3 is 4.57 Å². The van der Waals surface area contributed by atoms with Gasteiger partial charge in [-0.3, -0.25) is 9.80 Å². The molecule has 3 aromatic rings. The van der Waals surface area contributed by atoms with E-state index >= 15 is 0 Å². The summed E-state index contributed by atoms with van der Waals surface area (Å²) >= 11 is 0. The Hall–Kier alpha value is -3.67. The van der Waals surface area contributed by atoms with E-state index in [1.54, 1.807) is 5.01 Å². The molecule has 46 heavy (non-hydrogen) atoms. The number of fused-ring (bicyclic) bond motifs is 1. The molecule has 1 fully saturated rings. The van der Waals surface area contributed by atoms with E-state index in [1.807, 2.05) is 17.3 Å². The number of carbonyl (C=O) groups is 1. The van der Waals surface area contributed by atoms with Crippen molar-refractivity contribution in [2.75, 3.05) is 13.1 Å². The maximum atomic E-state index is 12.2. The molecule has 0 aliphatic carbocycles. The Labute approximate surface area is 278 Å². The van der Waals surface area contributed by atoms with Crippen LogP contribution in [0, 0.1) is 5.41 Å². The van der Waals surface area contributed by atoms with Gasteiger partial charge in [0.25, 0.3) is 0 Å². The molecule has 0 saturated carbocycles. The average Bonchev–Trinajstić information content (AvgIpc) is 3.33. The number of nitrogens with one attached hydrogen (secondary N) is 1. The van der Waals surface area contributed by atoms with Crippen LogP contribution in [0.2, 0.25) is 0 Å². The van der Waals surface area contributed by atoms with Crippen LogP contribution >= 0.6 is 0 Å². The van der Waals surface area contributed by atoms with Crippen LogP contribution in [0.4, 0.5) is 0 Å². The van der Waals surface area contributed by atoms with Crippen molar-refractivity contribution >= 4 is 22.9 Å². The van der Waals surface area contributed by atoms with E-state index < -0.39 is 0 Å². The molecule has 246 valence electrons. The first kappa shape index (κ1) is 35.2. The van der Waals surface area contributed by atoms with Crippen LogP contribution in [0.5, 0.6) is 0 Å². The minimum Gasteiger partial charge on any atom is -0.343 e. The van der Waals surface area contributed by atoms with Crippen LogP contribution in [0.1, 0.15) is 90.0 Å². The second-order valence-electron chi connectivity index (χ2n) is 13.6. The molecule has 1 aliphatic rings. The highest BCUT2D eigenvalue weighted by Crippen LogP contribution is 2.40. The molecule has 1 aromatic heterocycles. The van der Waals surface area contributed by atoms with Crippen molar-refractivity contribution in [2.45, 2.75) is 92.0 Å². The first-order valence-electron chi connectivity index (χ1n) is 17.2. The predicted octanol–water partition coefficient (Wildman–Crippen LogP) is 9.60. The Balaban J connectivity index is 1.79. The third kappa shape index (κ3) is 8.18. The van der Waals surface area contributed by atoms with Crippen molar-refractivity contribution in [1.82, 2.24) is 20.1 Å². The maximum Gasteiger partial charge on any atom is 0.225 e. The molecule has 4 rings (SSSR count). The number of aryl methyl sites for hydroxylation is 1. The van der Waals surface area contributed by atoms with Crippen LogP contribution in [0.3, 0.4) is 0 Å². The predicted molar refractivity (Wildman–Crippen MR) is 197 cm³/mol. The van der Waals surface area contributed by atoms with E-state index in [0.29, 0.717) is 6.42 Å². The minimum absolute atomic E-state index is 0.125. The molecule has 1 unspecified atom stereocenters. The zero-order valence-electron chi connectivity index (χ0n) is 29.2. The summed E-state index contributed by atoms with van der Waals surface area (Å²) in [5.41, 5.74) is 13.8. The molecule has 5 heteroatoms. The summed E-state index contributed by atoms with van der Waals surface area (Å²) in [5.74, 6) is 0. The highest BCUT2D eigenvalue weighted by atomic mass is 16.2. The molecule has 1 atom stereocenters. The molecular formula is C41H56N4O. The second kappa shape index (κ2) is 16.2. The van der Waals surface area contributed by atoms with Gasteiger partial charge in [0.05, 0.1) is 11.7 Å². The summed E-state index contributed by atoms with van der Waals surface area (Å²) in [5, 5.41) is 5.03. The lowest BCUT2D eigenvalue weighted by Gasteiger charge is -2.39. The highest BCUT2D eigenvalue weighted by Gasteiger charge is 2.26. The molecular weight excluding hydrogens is 564 g/mol. The molecule has 2 aromatic carbocycles. The number of aromatic nitrogens is 1. The number of nitrogens with zero attached hydrogens (tertiary/aromatic N) is 3. The monoisotopic (exact) mass is 620 g/mol. The number of amides is 1. The van der Waals surface area contributed by atoms with Crippen LogP contribution in [0.15, 0.2) is 85.5 Å². The van der Waals surface area contributed by atoms with E-state index in [0.717, 1.165) is 64.4 Å². The van der Waals surface area contributed by atoms with E-state index in [4.69, 9.17) is 0 Å². The topological polar surface area (TPSA) is 40.5 Å². The summed E-state index contributed by atoms with van der Waals surface area (Å²) in [6.07, 6.45) is 17.5. The number of carbonyl (C=O) groups excluding carboxylic acids is 1. The van der Waals surface area contributed by atoms with Crippen LogP contribution in [0.25, 0.3) is 27.6 Å². The summed E-state index contributed by atoms with van der Waals surface area (Å²) in [6, 6.07) is 15.6. The van der Waals surface area contributed by atoms with Gasteiger partial charge in [-0.15, -0.1) is 13.2 Å². The molecule has 0 radical (unpaired) electrons. The van der Waals surface area contributed by atoms with Crippen LogP contribution in [-0.4, -0.2) is 40.2 Å². The van der Waals surface area contributed by atoms with Crippen molar-refractivity contribution in [3.8, 4) is 11.1 Å². The fourth-order valence-electron chi connectivity index (χ4n) is 6.72. The van der Waals surface area contributed by atoms with E-state index in [2.05, 4.69) is 119 Å². The minimum atomic E-state index is -0.134. The van der Waals surface area contributed by atoms with Crippen molar-refractivity contribution in [2.24, 2.45) is 12.5 Å². The summed E-state index contributed by atoms with van der Waals surface area (Å²) in [4.78, 5) is 12.2. The molecule has 1 saturated heterocycles. The normalized spacial score (nSPS) is 15.6. The lowest BCUT2D eigenvalue weighted by atomic mass is 9.80. The number of hydrogen-bond acceptors (Lipinski definition) is 3. The molecule has 1 aliphatic heterocycles. The van der Waals surface area contributed by atoms with Crippen molar-refractivity contribution in [3.63, 3.8) is 0 Å². The highest BCUT2D eigenvalue weighted by molar-refractivity contribution is 5.95. The van der Waals surface area contributed by atoms with Gasteiger partial charge in [0, 0.05) is 31.0 Å². The number of allylic oxidation sites excluding steroid dienone is 5. The summed E-state index contributed by atoms with van der Waals surface area (Å²) in [6.45, 7) is 21.3. The summed E-state index contributed by atoms with van der Waals surface area (Å²) in [7, 11) is 2.23. The molecule has 0 bridgehead atoms. The Morgan fingerprint density at radius 3 is 2.54 bits per heavy atom. The largest absolute Gasteiger partial charge is 0.343 e. The fourth-order valence-corrected chi connectivity index (χ4v) is 6.72. The van der Waals surface area contributed by atoms with Crippen molar-refractivity contribution < 1.29 is 4.79 Å². The lowest BCUT2D eigenvalue weighted by Crippen LogP contribution is -2.57. The van der Waals surface area contributed by atoms with E-state index in [1.165, 1.54) is 50.0 Å². The maximum absolute atomic E-state index is 12.2. The van der Waals surface area contributed by atoms with Crippen molar-refractivity contribution in [1.29, 1.82) is 0 Å². The third-order valence-corrected chi connectivity index (χ3v) is 9.55. The number of rotatable bonds is 16. The quantitative estimate of drug-likeness (QED) is 0.0985. The van der Waals surface area contributed by atoms with Gasteiger partial charge in [0.1, 0.15) is 0 Å². The first-order valence-corrected chi connectivity index (χ1v) is 17.2. The Morgan fingerprint density at radius 2 is 1.89 bits per heavy atom. The van der Waals surface area contributed by atoms with Gasteiger partial charge in [-0.05, 0) is 104 Å². The fraction of sp³-hybridized carbons (Fsp3) is 0.439. The molecule has 5 nitrogen and oxygen atoms in total. The second-order valence-corrected chi connectivity index (χ2v) is 13.6. The zero-order chi connectivity index (χ0) is 33.3. The van der Waals surface area contributed by atoms with Crippen LogP contribution in [-0.2, 0) is 24.7 Å². The van der Waals surface area contributed by atoms with Gasteiger partial charge in [-0.1, -0.05) is 87.9 Å². The smallest absolute Gasteiger partial charge is 0.225 e. The molecule has 0 spiro atoms. The van der Waals surface area contributed by atoms with E-state index in [9.17, 15) is 4.79 Å². The average molecular weight is 621 g/mol. The standard InChI is InChI=1S/C41H56N4O/c1-9-13-20-36(31(5)11-3)40-38(29-41(6,7)23-14-10-2)37-28-34(21-22-39(37)43(40)8)33-19-17-18-32(26-33)27-35(12-4)44(30-46)45-25-16-15-24-42-45/h10,12-13,17-22,26,28,30,35,42H,2,4,9,11,14-16,23-25,27,29H2,1,3,5-8H3/b20-13-,36-31-. The van der Waals surface area contributed by atoms with Gasteiger partial charge in [0.2, 0.25) is 6.41 Å². The number of hydrogen-bond donors (Lipinski definition) is 1. The lowest BCUT2D eigenvalue weighted by molar-refractivity contribution is -0.149. The van der Waals surface area contributed by atoms with Gasteiger partial charge in [0.15, 0.2) is 0 Å². The van der Waals surface area contributed by atoms with Gasteiger partial charge in [-0.2, -0.15) is 5.12 Å². The first-order chi connectivity index (χ1) is 22.2. The van der Waals surface area contributed by atoms with Crippen molar-refractivity contribution in [3.05, 3.63) is 102 Å². The molecule has 1 N–H and O–H groups in total. The van der Waals surface area contributed by atoms with Gasteiger partial charge in [-0.25, -0.2) is 5.43 Å². The Morgan fingerprint density at radius 1 is 1.11 bits per heavy atom. The third-order valence-electron chi connectivity index (χ3n) is 9.55. The van der Waals surface area contributed by atoms with Gasteiger partial charge >= 0.3 is 0 Å². The number of hydrazine groups is 2.